The van der Waals surface area contributed by atoms with Gasteiger partial charge in [0, 0.05) is 11.8 Å². The molecule has 138 valence electrons. The van der Waals surface area contributed by atoms with E-state index in [1.54, 1.807) is 12.1 Å². The molecule has 2 aromatic rings. The molecule has 0 radical (unpaired) electrons. The smallest absolute Gasteiger partial charge is 0.253 e. The topological polar surface area (TPSA) is 58.6 Å². The van der Waals surface area contributed by atoms with Crippen LogP contribution in [0.5, 0.6) is 5.75 Å². The van der Waals surface area contributed by atoms with E-state index in [0.29, 0.717) is 30.4 Å². The zero-order valence-electron chi connectivity index (χ0n) is 15.1. The first kappa shape index (κ1) is 18.5. The van der Waals surface area contributed by atoms with Crippen LogP contribution in [0.25, 0.3) is 0 Å². The molecule has 0 aliphatic heterocycles. The lowest BCUT2D eigenvalue weighted by molar-refractivity contribution is -0.125. The number of carbonyl (C=O) groups excluding carboxylic acids is 1. The Kier molecular flexibility index (Phi) is 6.67. The predicted octanol–water partition coefficient (Wildman–Crippen LogP) is 4.54. The van der Waals surface area contributed by atoms with Crippen molar-refractivity contribution in [2.45, 2.75) is 51.2 Å². The van der Waals surface area contributed by atoms with E-state index in [9.17, 15) is 9.90 Å². The van der Waals surface area contributed by atoms with Gasteiger partial charge in [-0.25, -0.2) is 0 Å². The third-order valence-corrected chi connectivity index (χ3v) is 4.93. The van der Waals surface area contributed by atoms with Crippen LogP contribution in [0.15, 0.2) is 54.6 Å². The minimum Gasteiger partial charge on any atom is -0.489 e. The van der Waals surface area contributed by atoms with Gasteiger partial charge in [0.05, 0.1) is 0 Å². The quantitative estimate of drug-likeness (QED) is 0.768. The fourth-order valence-corrected chi connectivity index (χ4v) is 3.48. The van der Waals surface area contributed by atoms with Gasteiger partial charge < -0.3 is 15.2 Å². The van der Waals surface area contributed by atoms with E-state index in [1.807, 2.05) is 42.5 Å². The van der Waals surface area contributed by atoms with Crippen molar-refractivity contribution in [1.29, 1.82) is 0 Å². The van der Waals surface area contributed by atoms with Crippen LogP contribution < -0.4 is 10.1 Å². The molecule has 1 unspecified atom stereocenters. The van der Waals surface area contributed by atoms with Gasteiger partial charge >= 0.3 is 0 Å². The number of nitrogens with one attached hydrogen (secondary N) is 1. The van der Waals surface area contributed by atoms with Crippen molar-refractivity contribution in [3.8, 4) is 5.75 Å². The molecule has 3 rings (SSSR count). The van der Waals surface area contributed by atoms with Crippen molar-refractivity contribution in [3.05, 3.63) is 60.2 Å². The first-order valence-electron chi connectivity index (χ1n) is 9.46. The molecule has 1 fully saturated rings. The summed E-state index contributed by atoms with van der Waals surface area (Å²) < 4.78 is 5.78. The maximum absolute atomic E-state index is 12.3. The highest BCUT2D eigenvalue weighted by Crippen LogP contribution is 2.27. The highest BCUT2D eigenvalue weighted by atomic mass is 16.5. The van der Waals surface area contributed by atoms with Gasteiger partial charge in [-0.3, -0.25) is 4.79 Å². The summed E-state index contributed by atoms with van der Waals surface area (Å²) in [7, 11) is 0. The molecule has 0 saturated heterocycles. The fraction of sp³-hybridized carbons (Fsp3) is 0.409. The van der Waals surface area contributed by atoms with E-state index in [2.05, 4.69) is 5.32 Å². The Balaban J connectivity index is 1.51. The Morgan fingerprint density at radius 3 is 2.62 bits per heavy atom. The normalized spacial score (nSPS) is 16.0. The lowest BCUT2D eigenvalue weighted by Gasteiger charge is -2.23. The van der Waals surface area contributed by atoms with Gasteiger partial charge in [0.15, 0.2) is 0 Å². The lowest BCUT2D eigenvalue weighted by Crippen LogP contribution is -2.30. The Bertz CT molecular complexity index is 696. The van der Waals surface area contributed by atoms with E-state index in [4.69, 9.17) is 4.74 Å². The molecule has 4 heteroatoms. The number of rotatable bonds is 7. The van der Waals surface area contributed by atoms with E-state index in [1.165, 1.54) is 19.3 Å². The van der Waals surface area contributed by atoms with Gasteiger partial charge in [-0.1, -0.05) is 68.5 Å². The second-order valence-electron chi connectivity index (χ2n) is 7.05. The standard InChI is InChI=1S/C22H27NO3/c24-21(14-17-8-3-1-4-9-17)22(25)23-19-12-7-13-20(15-19)26-16-18-10-5-2-6-11-18/h2,5-7,10-13,15,17,21,24H,1,3-4,8-9,14,16H2,(H,23,25). The van der Waals surface area contributed by atoms with Crippen molar-refractivity contribution in [2.24, 2.45) is 5.92 Å². The predicted molar refractivity (Wildman–Crippen MR) is 103 cm³/mol. The molecule has 0 spiro atoms. The van der Waals surface area contributed by atoms with Crippen LogP contribution in [-0.2, 0) is 11.4 Å². The Hall–Kier alpha value is -2.33. The molecule has 1 saturated carbocycles. The number of amides is 1. The molecule has 2 N–H and O–H groups in total. The first-order chi connectivity index (χ1) is 12.7. The van der Waals surface area contributed by atoms with Crippen LogP contribution in [0.1, 0.15) is 44.1 Å². The van der Waals surface area contributed by atoms with Crippen LogP contribution in [-0.4, -0.2) is 17.1 Å². The van der Waals surface area contributed by atoms with E-state index in [-0.39, 0.29) is 5.91 Å². The molecule has 1 aliphatic carbocycles. The van der Waals surface area contributed by atoms with Gasteiger partial charge in [-0.05, 0) is 30.0 Å². The zero-order valence-corrected chi connectivity index (χ0v) is 15.1. The van der Waals surface area contributed by atoms with Crippen LogP contribution in [0.2, 0.25) is 0 Å². The molecule has 4 nitrogen and oxygen atoms in total. The Morgan fingerprint density at radius 2 is 1.85 bits per heavy atom. The largest absolute Gasteiger partial charge is 0.489 e. The maximum atomic E-state index is 12.3. The Labute approximate surface area is 155 Å². The van der Waals surface area contributed by atoms with Gasteiger partial charge in [0.1, 0.15) is 18.5 Å². The molecule has 0 bridgehead atoms. The summed E-state index contributed by atoms with van der Waals surface area (Å²) >= 11 is 0. The molecule has 2 aromatic carbocycles. The van der Waals surface area contributed by atoms with Crippen molar-refractivity contribution >= 4 is 11.6 Å². The number of aliphatic hydroxyl groups is 1. The molecule has 1 amide bonds. The third-order valence-electron chi connectivity index (χ3n) is 4.93. The van der Waals surface area contributed by atoms with Crippen LogP contribution >= 0.6 is 0 Å². The van der Waals surface area contributed by atoms with Gasteiger partial charge in [0.2, 0.25) is 0 Å². The number of benzene rings is 2. The van der Waals surface area contributed by atoms with Gasteiger partial charge in [-0.2, -0.15) is 0 Å². The summed E-state index contributed by atoms with van der Waals surface area (Å²) in [5, 5.41) is 13.0. The van der Waals surface area contributed by atoms with Gasteiger partial charge in [0.25, 0.3) is 5.91 Å². The number of hydrogen-bond acceptors (Lipinski definition) is 3. The minimum absolute atomic E-state index is 0.337. The molecule has 0 aromatic heterocycles. The highest BCUT2D eigenvalue weighted by molar-refractivity contribution is 5.94. The maximum Gasteiger partial charge on any atom is 0.253 e. The second-order valence-corrected chi connectivity index (χ2v) is 7.05. The summed E-state index contributed by atoms with van der Waals surface area (Å²) in [5.41, 5.74) is 1.73. The number of hydrogen-bond donors (Lipinski definition) is 2. The summed E-state index contributed by atoms with van der Waals surface area (Å²) in [5.74, 6) is 0.814. The van der Waals surface area contributed by atoms with Crippen molar-refractivity contribution < 1.29 is 14.6 Å². The molecular formula is C22H27NO3. The van der Waals surface area contributed by atoms with E-state index >= 15 is 0 Å². The summed E-state index contributed by atoms with van der Waals surface area (Å²) in [6, 6.07) is 17.2. The molecule has 0 heterocycles. The first-order valence-corrected chi connectivity index (χ1v) is 9.46. The molecular weight excluding hydrogens is 326 g/mol. The second kappa shape index (κ2) is 9.39. The van der Waals surface area contributed by atoms with Crippen LogP contribution in [0.4, 0.5) is 5.69 Å². The fourth-order valence-electron chi connectivity index (χ4n) is 3.48. The summed E-state index contributed by atoms with van der Waals surface area (Å²) in [6.45, 7) is 0.475. The number of carbonyl (C=O) groups is 1. The number of aliphatic hydroxyl groups excluding tert-OH is 1. The van der Waals surface area contributed by atoms with Crippen molar-refractivity contribution in [3.63, 3.8) is 0 Å². The third kappa shape index (κ3) is 5.60. The van der Waals surface area contributed by atoms with Crippen LogP contribution in [0.3, 0.4) is 0 Å². The Morgan fingerprint density at radius 1 is 1.08 bits per heavy atom. The summed E-state index contributed by atoms with van der Waals surface area (Å²) in [4.78, 5) is 12.3. The monoisotopic (exact) mass is 353 g/mol. The number of anilines is 1. The minimum atomic E-state index is -0.952. The van der Waals surface area contributed by atoms with Crippen LogP contribution in [0, 0.1) is 5.92 Å². The van der Waals surface area contributed by atoms with E-state index < -0.39 is 6.10 Å². The lowest BCUT2D eigenvalue weighted by atomic mass is 9.85. The molecule has 26 heavy (non-hydrogen) atoms. The van der Waals surface area contributed by atoms with Crippen molar-refractivity contribution in [2.75, 3.05) is 5.32 Å². The highest BCUT2D eigenvalue weighted by Gasteiger charge is 2.22. The number of ether oxygens (including phenoxy) is 1. The average Bonchev–Trinajstić information content (AvgIpc) is 2.68. The summed E-state index contributed by atoms with van der Waals surface area (Å²) in [6.07, 6.45) is 5.52. The molecule has 1 atom stereocenters. The SMILES string of the molecule is O=C(Nc1cccc(OCc2ccccc2)c1)C(O)CC1CCCCC1. The average molecular weight is 353 g/mol. The molecule has 1 aliphatic rings. The van der Waals surface area contributed by atoms with E-state index in [0.717, 1.165) is 18.4 Å². The van der Waals surface area contributed by atoms with Gasteiger partial charge in [-0.15, -0.1) is 0 Å². The zero-order chi connectivity index (χ0) is 18.2. The van der Waals surface area contributed by atoms with Crippen molar-refractivity contribution in [1.82, 2.24) is 0 Å².